The Balaban J connectivity index is 2.59. The molecule has 0 saturated carbocycles. The molecule has 0 amide bonds. The zero-order chi connectivity index (χ0) is 11.8. The number of nitrogens with two attached hydrogens (primary N) is 1. The first-order valence-corrected chi connectivity index (χ1v) is 5.19. The van der Waals surface area contributed by atoms with Gasteiger partial charge in [0, 0.05) is 33.2 Å². The van der Waals surface area contributed by atoms with Gasteiger partial charge >= 0.3 is 6.01 Å². The van der Waals surface area contributed by atoms with Crippen LogP contribution < -0.4 is 10.6 Å². The van der Waals surface area contributed by atoms with Crippen LogP contribution in [0.5, 0.6) is 0 Å². The lowest BCUT2D eigenvalue weighted by atomic mass is 10.4. The molecule has 0 saturated heterocycles. The summed E-state index contributed by atoms with van der Waals surface area (Å²) in [7, 11) is 1.62. The van der Waals surface area contributed by atoms with Gasteiger partial charge in [-0.1, -0.05) is 5.10 Å². The minimum Gasteiger partial charge on any atom is -0.408 e. The molecule has 1 aromatic rings. The summed E-state index contributed by atoms with van der Waals surface area (Å²) in [4.78, 5) is 1.77. The van der Waals surface area contributed by atoms with Gasteiger partial charge in [0.25, 0.3) is 0 Å². The van der Waals surface area contributed by atoms with E-state index in [1.165, 1.54) is 0 Å². The predicted molar refractivity (Wildman–Crippen MR) is 58.2 cm³/mol. The predicted octanol–water partition coefficient (Wildman–Crippen LogP) is -0.984. The number of ether oxygens (including phenoxy) is 1. The van der Waals surface area contributed by atoms with Crippen molar-refractivity contribution in [2.24, 2.45) is 5.73 Å². The number of hydrogen-bond donors (Lipinski definition) is 2. The summed E-state index contributed by atoms with van der Waals surface area (Å²) in [6.07, 6.45) is 0.560. The van der Waals surface area contributed by atoms with Gasteiger partial charge in [0.15, 0.2) is 0 Å². The molecule has 1 heterocycles. The van der Waals surface area contributed by atoms with E-state index in [1.54, 1.807) is 12.0 Å². The Morgan fingerprint density at radius 2 is 2.25 bits per heavy atom. The van der Waals surface area contributed by atoms with Crippen LogP contribution in [0.3, 0.4) is 0 Å². The summed E-state index contributed by atoms with van der Waals surface area (Å²) in [5.74, 6) is 0.512. The first kappa shape index (κ1) is 12.9. The number of rotatable bonds is 8. The van der Waals surface area contributed by atoms with Gasteiger partial charge in [-0.05, 0) is 0 Å². The van der Waals surface area contributed by atoms with Gasteiger partial charge in [0.05, 0.1) is 13.2 Å². The number of nitrogens with zero attached hydrogens (tertiary/aromatic N) is 3. The van der Waals surface area contributed by atoms with E-state index in [9.17, 15) is 0 Å². The number of anilines is 1. The van der Waals surface area contributed by atoms with Crippen molar-refractivity contribution in [3.05, 3.63) is 5.89 Å². The summed E-state index contributed by atoms with van der Waals surface area (Å²) >= 11 is 0. The van der Waals surface area contributed by atoms with Crippen molar-refractivity contribution in [3.63, 3.8) is 0 Å². The summed E-state index contributed by atoms with van der Waals surface area (Å²) < 4.78 is 10.4. The highest BCUT2D eigenvalue weighted by Crippen LogP contribution is 2.11. The molecule has 0 bridgehead atoms. The molecule has 0 spiro atoms. The van der Waals surface area contributed by atoms with Crippen molar-refractivity contribution in [2.75, 3.05) is 44.9 Å². The monoisotopic (exact) mass is 230 g/mol. The Bertz CT molecular complexity index is 292. The number of methoxy groups -OCH3 is 1. The topological polar surface area (TPSA) is 97.6 Å². The Morgan fingerprint density at radius 1 is 1.44 bits per heavy atom. The average Bonchev–Trinajstić information content (AvgIpc) is 2.73. The third-order valence-corrected chi connectivity index (χ3v) is 2.02. The highest BCUT2D eigenvalue weighted by atomic mass is 16.5. The van der Waals surface area contributed by atoms with E-state index in [0.29, 0.717) is 44.6 Å². The molecule has 1 aromatic heterocycles. The number of hydrogen-bond acceptors (Lipinski definition) is 7. The van der Waals surface area contributed by atoms with Gasteiger partial charge in [0.2, 0.25) is 5.89 Å². The fourth-order valence-corrected chi connectivity index (χ4v) is 1.22. The summed E-state index contributed by atoms with van der Waals surface area (Å²) in [5, 5.41) is 16.7. The van der Waals surface area contributed by atoms with Crippen LogP contribution in [0.15, 0.2) is 4.42 Å². The molecule has 1 rings (SSSR count). The Labute approximate surface area is 94.2 Å². The molecule has 92 valence electrons. The minimum atomic E-state index is 0.0261. The number of aliphatic hydroxyl groups is 1. The third-order valence-electron chi connectivity index (χ3n) is 2.02. The van der Waals surface area contributed by atoms with E-state index in [1.807, 2.05) is 0 Å². The zero-order valence-electron chi connectivity index (χ0n) is 9.43. The molecule has 0 unspecified atom stereocenters. The highest BCUT2D eigenvalue weighted by Gasteiger charge is 2.13. The van der Waals surface area contributed by atoms with Crippen LogP contribution in [-0.2, 0) is 11.2 Å². The van der Waals surface area contributed by atoms with Gasteiger partial charge in [-0.3, -0.25) is 0 Å². The molecular formula is C9H18N4O3. The average molecular weight is 230 g/mol. The molecule has 0 aliphatic heterocycles. The normalized spacial score (nSPS) is 10.7. The SMILES string of the molecule is COCCN(CCO)c1nnc(CCN)o1. The van der Waals surface area contributed by atoms with Crippen molar-refractivity contribution in [3.8, 4) is 0 Å². The van der Waals surface area contributed by atoms with Crippen LogP contribution in [-0.4, -0.2) is 55.3 Å². The summed E-state index contributed by atoms with van der Waals surface area (Å²) in [6.45, 7) is 2.07. The number of aromatic nitrogens is 2. The van der Waals surface area contributed by atoms with Gasteiger partial charge in [-0.15, -0.1) is 5.10 Å². The molecule has 0 aliphatic rings. The van der Waals surface area contributed by atoms with Gasteiger partial charge in [-0.25, -0.2) is 0 Å². The quantitative estimate of drug-likeness (QED) is 0.592. The van der Waals surface area contributed by atoms with Crippen molar-refractivity contribution in [1.29, 1.82) is 0 Å². The van der Waals surface area contributed by atoms with E-state index in [2.05, 4.69) is 10.2 Å². The maximum atomic E-state index is 8.92. The molecule has 7 nitrogen and oxygen atoms in total. The van der Waals surface area contributed by atoms with E-state index in [-0.39, 0.29) is 6.61 Å². The number of aliphatic hydroxyl groups excluding tert-OH is 1. The van der Waals surface area contributed by atoms with Crippen molar-refractivity contribution >= 4 is 6.01 Å². The van der Waals surface area contributed by atoms with Crippen LogP contribution in [0, 0.1) is 0 Å². The van der Waals surface area contributed by atoms with Crippen molar-refractivity contribution < 1.29 is 14.3 Å². The summed E-state index contributed by atoms with van der Waals surface area (Å²) in [6, 6.07) is 0.398. The van der Waals surface area contributed by atoms with Gasteiger partial charge < -0.3 is 24.9 Å². The Kier molecular flexibility index (Phi) is 5.76. The summed E-state index contributed by atoms with van der Waals surface area (Å²) in [5.41, 5.74) is 5.38. The van der Waals surface area contributed by atoms with Gasteiger partial charge in [0.1, 0.15) is 0 Å². The Hall–Kier alpha value is -1.18. The van der Waals surface area contributed by atoms with Gasteiger partial charge in [-0.2, -0.15) is 0 Å². The lowest BCUT2D eigenvalue weighted by molar-refractivity contribution is 0.201. The van der Waals surface area contributed by atoms with Crippen LogP contribution in [0.4, 0.5) is 6.01 Å². The molecular weight excluding hydrogens is 212 g/mol. The molecule has 0 radical (unpaired) electrons. The lowest BCUT2D eigenvalue weighted by Gasteiger charge is -2.17. The maximum absolute atomic E-state index is 8.92. The Morgan fingerprint density at radius 3 is 2.88 bits per heavy atom. The molecule has 3 N–H and O–H groups in total. The molecule has 0 aliphatic carbocycles. The third kappa shape index (κ3) is 3.76. The molecule has 16 heavy (non-hydrogen) atoms. The van der Waals surface area contributed by atoms with Crippen LogP contribution in [0.25, 0.3) is 0 Å². The van der Waals surface area contributed by atoms with Crippen LogP contribution in [0.2, 0.25) is 0 Å². The minimum absolute atomic E-state index is 0.0261. The largest absolute Gasteiger partial charge is 0.408 e. The van der Waals surface area contributed by atoms with Crippen LogP contribution in [0.1, 0.15) is 5.89 Å². The molecule has 0 fully saturated rings. The zero-order valence-corrected chi connectivity index (χ0v) is 9.43. The second-order valence-corrected chi connectivity index (χ2v) is 3.22. The van der Waals surface area contributed by atoms with Crippen LogP contribution >= 0.6 is 0 Å². The molecule has 7 heteroatoms. The second kappa shape index (κ2) is 7.15. The van der Waals surface area contributed by atoms with E-state index in [0.717, 1.165) is 0 Å². The smallest absolute Gasteiger partial charge is 0.318 e. The van der Waals surface area contributed by atoms with E-state index >= 15 is 0 Å². The fourth-order valence-electron chi connectivity index (χ4n) is 1.22. The first-order chi connectivity index (χ1) is 7.81. The lowest BCUT2D eigenvalue weighted by Crippen LogP contribution is -2.30. The first-order valence-electron chi connectivity index (χ1n) is 5.19. The second-order valence-electron chi connectivity index (χ2n) is 3.22. The highest BCUT2D eigenvalue weighted by molar-refractivity contribution is 5.23. The fraction of sp³-hybridized carbons (Fsp3) is 0.778. The van der Waals surface area contributed by atoms with E-state index < -0.39 is 0 Å². The van der Waals surface area contributed by atoms with Crippen molar-refractivity contribution in [2.45, 2.75) is 6.42 Å². The van der Waals surface area contributed by atoms with E-state index in [4.69, 9.17) is 20.0 Å². The molecule has 0 atom stereocenters. The standard InChI is InChI=1S/C9H18N4O3/c1-15-7-5-13(4-6-14)9-12-11-8(16-9)2-3-10/h14H,2-7,10H2,1H3. The molecule has 0 aromatic carbocycles. The maximum Gasteiger partial charge on any atom is 0.318 e. The van der Waals surface area contributed by atoms with Crippen molar-refractivity contribution in [1.82, 2.24) is 10.2 Å².